The van der Waals surface area contributed by atoms with Gasteiger partial charge in [0, 0.05) is 20.2 Å². The van der Waals surface area contributed by atoms with Crippen LogP contribution in [0.3, 0.4) is 0 Å². The molecule has 0 bridgehead atoms. The number of rotatable bonds is 7. The van der Waals surface area contributed by atoms with Crippen molar-refractivity contribution in [1.82, 2.24) is 5.32 Å². The van der Waals surface area contributed by atoms with E-state index in [1.165, 1.54) is 0 Å². The van der Waals surface area contributed by atoms with E-state index in [0.717, 1.165) is 11.3 Å². The number of ether oxygens (including phenoxy) is 2. The van der Waals surface area contributed by atoms with E-state index < -0.39 is 0 Å². The van der Waals surface area contributed by atoms with Crippen LogP contribution in [0.15, 0.2) is 24.3 Å². The Hall–Kier alpha value is -1.59. The van der Waals surface area contributed by atoms with Gasteiger partial charge in [-0.2, -0.15) is 0 Å². The Bertz CT molecular complexity index is 361. The second-order valence-electron chi connectivity index (χ2n) is 3.92. The second kappa shape index (κ2) is 7.68. The van der Waals surface area contributed by atoms with Gasteiger partial charge in [0.15, 0.2) is 0 Å². The molecule has 1 amide bonds. The van der Waals surface area contributed by atoms with E-state index in [9.17, 15) is 4.79 Å². The third-order valence-electron chi connectivity index (χ3n) is 2.66. The first kappa shape index (κ1) is 14.5. The topological polar surface area (TPSA) is 73.6 Å². The fourth-order valence-corrected chi connectivity index (χ4v) is 1.49. The number of hydrogen-bond acceptors (Lipinski definition) is 4. The summed E-state index contributed by atoms with van der Waals surface area (Å²) in [6.45, 7) is 0.830. The molecule has 0 saturated heterocycles. The lowest BCUT2D eigenvalue weighted by Gasteiger charge is -2.12. The van der Waals surface area contributed by atoms with E-state index in [0.29, 0.717) is 13.1 Å². The summed E-state index contributed by atoms with van der Waals surface area (Å²) >= 11 is 0. The zero-order valence-corrected chi connectivity index (χ0v) is 10.8. The molecule has 0 fully saturated rings. The predicted octanol–water partition coefficient (Wildman–Crippen LogP) is 0.675. The van der Waals surface area contributed by atoms with E-state index in [-0.39, 0.29) is 18.4 Å². The largest absolute Gasteiger partial charge is 0.497 e. The summed E-state index contributed by atoms with van der Waals surface area (Å²) in [4.78, 5) is 11.6. The van der Waals surface area contributed by atoms with Gasteiger partial charge in [-0.1, -0.05) is 12.1 Å². The smallest absolute Gasteiger partial charge is 0.222 e. The van der Waals surface area contributed by atoms with Crippen LogP contribution >= 0.6 is 0 Å². The molecule has 0 heterocycles. The molecule has 100 valence electrons. The van der Waals surface area contributed by atoms with Gasteiger partial charge in [0.2, 0.25) is 5.91 Å². The summed E-state index contributed by atoms with van der Waals surface area (Å²) in [5.74, 6) is 0.732. The van der Waals surface area contributed by atoms with E-state index in [1.54, 1.807) is 14.2 Å². The number of nitrogens with one attached hydrogen (secondary N) is 1. The van der Waals surface area contributed by atoms with Crippen LogP contribution < -0.4 is 15.8 Å². The molecule has 3 N–H and O–H groups in total. The van der Waals surface area contributed by atoms with Gasteiger partial charge in [0.05, 0.1) is 19.6 Å². The SMILES string of the molecule is COc1ccc(CNC(=O)CC(CN)OC)cc1. The zero-order valence-electron chi connectivity index (χ0n) is 10.8. The van der Waals surface area contributed by atoms with Crippen LogP contribution in [0.4, 0.5) is 0 Å². The van der Waals surface area contributed by atoms with Gasteiger partial charge in [-0.3, -0.25) is 4.79 Å². The van der Waals surface area contributed by atoms with Crippen molar-refractivity contribution in [3.8, 4) is 5.75 Å². The fraction of sp³-hybridized carbons (Fsp3) is 0.462. The van der Waals surface area contributed by atoms with E-state index in [2.05, 4.69) is 5.32 Å². The van der Waals surface area contributed by atoms with Crippen molar-refractivity contribution in [2.75, 3.05) is 20.8 Å². The van der Waals surface area contributed by atoms with Gasteiger partial charge in [0.25, 0.3) is 0 Å². The lowest BCUT2D eigenvalue weighted by Crippen LogP contribution is -2.31. The van der Waals surface area contributed by atoms with Gasteiger partial charge in [0.1, 0.15) is 5.75 Å². The number of nitrogens with two attached hydrogens (primary N) is 1. The molecular formula is C13H20N2O3. The number of methoxy groups -OCH3 is 2. The molecule has 1 aromatic rings. The molecule has 0 spiro atoms. The number of amides is 1. The Balaban J connectivity index is 2.37. The van der Waals surface area contributed by atoms with Crippen LogP contribution in [0.5, 0.6) is 5.75 Å². The maximum absolute atomic E-state index is 11.6. The highest BCUT2D eigenvalue weighted by atomic mass is 16.5. The van der Waals surface area contributed by atoms with Crippen molar-refractivity contribution in [1.29, 1.82) is 0 Å². The molecule has 0 aromatic heterocycles. The summed E-state index contributed by atoms with van der Waals surface area (Å²) in [7, 11) is 3.17. The highest BCUT2D eigenvalue weighted by Crippen LogP contribution is 2.10. The molecule has 0 radical (unpaired) electrons. The maximum Gasteiger partial charge on any atom is 0.222 e. The highest BCUT2D eigenvalue weighted by Gasteiger charge is 2.10. The fourth-order valence-electron chi connectivity index (χ4n) is 1.49. The van der Waals surface area contributed by atoms with Gasteiger partial charge >= 0.3 is 0 Å². The minimum Gasteiger partial charge on any atom is -0.497 e. The van der Waals surface area contributed by atoms with Crippen molar-refractivity contribution in [3.63, 3.8) is 0 Å². The monoisotopic (exact) mass is 252 g/mol. The van der Waals surface area contributed by atoms with E-state index in [4.69, 9.17) is 15.2 Å². The first-order chi connectivity index (χ1) is 8.69. The van der Waals surface area contributed by atoms with Crippen molar-refractivity contribution in [2.45, 2.75) is 19.1 Å². The van der Waals surface area contributed by atoms with Gasteiger partial charge < -0.3 is 20.5 Å². The summed E-state index contributed by atoms with van der Waals surface area (Å²) in [6.07, 6.45) is 0.0595. The molecule has 1 rings (SSSR count). The molecule has 0 aliphatic rings. The Morgan fingerprint density at radius 1 is 1.33 bits per heavy atom. The van der Waals surface area contributed by atoms with Gasteiger partial charge in [-0.05, 0) is 17.7 Å². The van der Waals surface area contributed by atoms with Crippen LogP contribution in [0.25, 0.3) is 0 Å². The van der Waals surface area contributed by atoms with Crippen molar-refractivity contribution >= 4 is 5.91 Å². The van der Waals surface area contributed by atoms with Crippen molar-refractivity contribution in [3.05, 3.63) is 29.8 Å². The Morgan fingerprint density at radius 3 is 2.50 bits per heavy atom. The number of carbonyl (C=O) groups is 1. The molecular weight excluding hydrogens is 232 g/mol. The molecule has 1 aromatic carbocycles. The summed E-state index contributed by atoms with van der Waals surface area (Å²) in [5, 5.41) is 2.82. The lowest BCUT2D eigenvalue weighted by molar-refractivity contribution is -0.123. The van der Waals surface area contributed by atoms with Gasteiger partial charge in [-0.25, -0.2) is 0 Å². The second-order valence-corrected chi connectivity index (χ2v) is 3.92. The third-order valence-corrected chi connectivity index (χ3v) is 2.66. The number of hydrogen-bond donors (Lipinski definition) is 2. The maximum atomic E-state index is 11.6. The van der Waals surface area contributed by atoms with E-state index in [1.807, 2.05) is 24.3 Å². The zero-order chi connectivity index (χ0) is 13.4. The van der Waals surface area contributed by atoms with Crippen LogP contribution in [-0.4, -0.2) is 32.8 Å². The molecule has 5 heteroatoms. The van der Waals surface area contributed by atoms with Crippen molar-refractivity contribution in [2.24, 2.45) is 5.73 Å². The minimum atomic E-state index is -0.221. The first-order valence-corrected chi connectivity index (χ1v) is 5.82. The molecule has 0 saturated carbocycles. The molecule has 18 heavy (non-hydrogen) atoms. The molecule has 0 aliphatic heterocycles. The average Bonchev–Trinajstić information content (AvgIpc) is 2.43. The highest BCUT2D eigenvalue weighted by molar-refractivity contribution is 5.76. The van der Waals surface area contributed by atoms with Crippen LogP contribution in [0, 0.1) is 0 Å². The lowest BCUT2D eigenvalue weighted by atomic mass is 10.2. The molecule has 1 atom stereocenters. The van der Waals surface area contributed by atoms with E-state index >= 15 is 0 Å². The van der Waals surface area contributed by atoms with Gasteiger partial charge in [-0.15, -0.1) is 0 Å². The predicted molar refractivity (Wildman–Crippen MR) is 69.3 cm³/mol. The third kappa shape index (κ3) is 4.73. The molecule has 5 nitrogen and oxygen atoms in total. The van der Waals surface area contributed by atoms with Crippen LogP contribution in [-0.2, 0) is 16.1 Å². The van der Waals surface area contributed by atoms with Crippen LogP contribution in [0.2, 0.25) is 0 Å². The number of carbonyl (C=O) groups excluding carboxylic acids is 1. The average molecular weight is 252 g/mol. The molecule has 0 aliphatic carbocycles. The summed E-state index contributed by atoms with van der Waals surface area (Å²) in [5.41, 5.74) is 6.47. The summed E-state index contributed by atoms with van der Waals surface area (Å²) in [6, 6.07) is 7.55. The quantitative estimate of drug-likeness (QED) is 0.748. The normalized spacial score (nSPS) is 11.9. The first-order valence-electron chi connectivity index (χ1n) is 5.82. The minimum absolute atomic E-state index is 0.0666. The van der Waals surface area contributed by atoms with Crippen molar-refractivity contribution < 1.29 is 14.3 Å². The standard InChI is InChI=1S/C13H20N2O3/c1-17-11-5-3-10(4-6-11)9-15-13(16)7-12(8-14)18-2/h3-6,12H,7-9,14H2,1-2H3,(H,15,16). The Kier molecular flexibility index (Phi) is 6.18. The molecule has 1 unspecified atom stereocenters. The Labute approximate surface area is 107 Å². The number of benzene rings is 1. The Morgan fingerprint density at radius 2 is 2.00 bits per heavy atom. The summed E-state index contributed by atoms with van der Waals surface area (Å²) < 4.78 is 10.1. The van der Waals surface area contributed by atoms with Crippen LogP contribution in [0.1, 0.15) is 12.0 Å².